The molecule has 0 spiro atoms. The third kappa shape index (κ3) is 1.78. The maximum absolute atomic E-state index is 11.9. The SMILES string of the molecule is CC(C)NC1CCN(C2CC2C)C1=O. The number of hydrogen-bond acceptors (Lipinski definition) is 2. The molecular weight excluding hydrogens is 176 g/mol. The molecule has 1 aliphatic carbocycles. The molecule has 0 aromatic carbocycles. The molecule has 0 aromatic heterocycles. The first-order valence-corrected chi connectivity index (χ1v) is 5.66. The van der Waals surface area contributed by atoms with Gasteiger partial charge in [0.1, 0.15) is 0 Å². The Bertz CT molecular complexity index is 239. The lowest BCUT2D eigenvalue weighted by atomic mass is 10.2. The lowest BCUT2D eigenvalue weighted by molar-refractivity contribution is -0.130. The molecule has 2 fully saturated rings. The van der Waals surface area contributed by atoms with Gasteiger partial charge in [-0.25, -0.2) is 0 Å². The maximum atomic E-state index is 11.9. The van der Waals surface area contributed by atoms with E-state index in [1.165, 1.54) is 6.42 Å². The molecule has 1 N–H and O–H groups in total. The van der Waals surface area contributed by atoms with Crippen LogP contribution in [0.5, 0.6) is 0 Å². The molecule has 2 rings (SSSR count). The minimum atomic E-state index is 0.0859. The van der Waals surface area contributed by atoms with Crippen molar-refractivity contribution in [2.24, 2.45) is 5.92 Å². The van der Waals surface area contributed by atoms with Gasteiger partial charge in [-0.05, 0) is 18.8 Å². The van der Waals surface area contributed by atoms with Crippen LogP contribution in [0.4, 0.5) is 0 Å². The van der Waals surface area contributed by atoms with Gasteiger partial charge in [-0.2, -0.15) is 0 Å². The molecule has 1 saturated carbocycles. The lowest BCUT2D eigenvalue weighted by Gasteiger charge is -2.18. The Morgan fingerprint density at radius 3 is 2.64 bits per heavy atom. The highest BCUT2D eigenvalue weighted by Crippen LogP contribution is 2.37. The maximum Gasteiger partial charge on any atom is 0.240 e. The number of carbonyl (C=O) groups excluding carboxylic acids is 1. The molecule has 1 saturated heterocycles. The van der Waals surface area contributed by atoms with Gasteiger partial charge in [-0.1, -0.05) is 20.8 Å². The second-order valence-electron chi connectivity index (χ2n) is 4.97. The first-order valence-electron chi connectivity index (χ1n) is 5.66. The van der Waals surface area contributed by atoms with Crippen molar-refractivity contribution in [2.45, 2.75) is 51.7 Å². The zero-order valence-corrected chi connectivity index (χ0v) is 9.29. The Kier molecular flexibility index (Phi) is 2.52. The van der Waals surface area contributed by atoms with E-state index < -0.39 is 0 Å². The summed E-state index contributed by atoms with van der Waals surface area (Å²) in [5, 5.41) is 3.33. The van der Waals surface area contributed by atoms with Gasteiger partial charge in [-0.15, -0.1) is 0 Å². The predicted octanol–water partition coefficient (Wildman–Crippen LogP) is 0.994. The van der Waals surface area contributed by atoms with Crippen molar-refractivity contribution in [1.29, 1.82) is 0 Å². The Morgan fingerprint density at radius 1 is 1.50 bits per heavy atom. The second kappa shape index (κ2) is 3.54. The molecule has 1 amide bonds. The van der Waals surface area contributed by atoms with Gasteiger partial charge in [0, 0.05) is 18.6 Å². The highest BCUT2D eigenvalue weighted by molar-refractivity contribution is 5.84. The van der Waals surface area contributed by atoms with E-state index in [0.29, 0.717) is 18.0 Å². The fraction of sp³-hybridized carbons (Fsp3) is 0.909. The van der Waals surface area contributed by atoms with Crippen LogP contribution in [0.15, 0.2) is 0 Å². The fourth-order valence-electron chi connectivity index (χ4n) is 2.33. The van der Waals surface area contributed by atoms with Crippen LogP contribution in [0.3, 0.4) is 0 Å². The van der Waals surface area contributed by atoms with Crippen LogP contribution in [0, 0.1) is 5.92 Å². The van der Waals surface area contributed by atoms with Crippen LogP contribution < -0.4 is 5.32 Å². The quantitative estimate of drug-likeness (QED) is 0.730. The van der Waals surface area contributed by atoms with Crippen molar-refractivity contribution < 1.29 is 4.79 Å². The smallest absolute Gasteiger partial charge is 0.240 e. The summed E-state index contributed by atoms with van der Waals surface area (Å²) in [6, 6.07) is 1.05. The van der Waals surface area contributed by atoms with Gasteiger partial charge in [0.15, 0.2) is 0 Å². The molecule has 80 valence electrons. The molecule has 3 atom stereocenters. The number of carbonyl (C=O) groups is 1. The number of hydrogen-bond donors (Lipinski definition) is 1. The number of rotatable bonds is 3. The van der Waals surface area contributed by atoms with Crippen molar-refractivity contribution >= 4 is 5.91 Å². The first-order chi connectivity index (χ1) is 6.59. The Balaban J connectivity index is 1.90. The molecule has 3 heteroatoms. The van der Waals surface area contributed by atoms with Gasteiger partial charge >= 0.3 is 0 Å². The molecule has 3 nitrogen and oxygen atoms in total. The van der Waals surface area contributed by atoms with E-state index in [1.54, 1.807) is 0 Å². The summed E-state index contributed by atoms with van der Waals surface area (Å²) in [6.45, 7) is 7.37. The van der Waals surface area contributed by atoms with E-state index in [4.69, 9.17) is 0 Å². The Morgan fingerprint density at radius 2 is 2.14 bits per heavy atom. The molecule has 14 heavy (non-hydrogen) atoms. The molecule has 3 unspecified atom stereocenters. The van der Waals surface area contributed by atoms with Crippen LogP contribution >= 0.6 is 0 Å². The monoisotopic (exact) mass is 196 g/mol. The topological polar surface area (TPSA) is 32.3 Å². The van der Waals surface area contributed by atoms with Crippen LogP contribution in [-0.4, -0.2) is 35.5 Å². The van der Waals surface area contributed by atoms with E-state index in [9.17, 15) is 4.79 Å². The van der Waals surface area contributed by atoms with Crippen molar-refractivity contribution in [3.63, 3.8) is 0 Å². The van der Waals surface area contributed by atoms with E-state index >= 15 is 0 Å². The second-order valence-corrected chi connectivity index (χ2v) is 4.97. The zero-order valence-electron chi connectivity index (χ0n) is 9.29. The lowest BCUT2D eigenvalue weighted by Crippen LogP contribution is -2.42. The van der Waals surface area contributed by atoms with E-state index in [0.717, 1.165) is 18.9 Å². The highest BCUT2D eigenvalue weighted by atomic mass is 16.2. The largest absolute Gasteiger partial charge is 0.338 e. The predicted molar refractivity (Wildman–Crippen MR) is 56.0 cm³/mol. The summed E-state index contributed by atoms with van der Waals surface area (Å²) >= 11 is 0. The summed E-state index contributed by atoms with van der Waals surface area (Å²) in [5.74, 6) is 1.06. The van der Waals surface area contributed by atoms with Crippen molar-refractivity contribution in [3.8, 4) is 0 Å². The van der Waals surface area contributed by atoms with Gasteiger partial charge < -0.3 is 10.2 Å². The third-order valence-corrected chi connectivity index (χ3v) is 3.24. The summed E-state index contributed by atoms with van der Waals surface area (Å²) in [5.41, 5.74) is 0. The summed E-state index contributed by atoms with van der Waals surface area (Å²) in [4.78, 5) is 14.0. The van der Waals surface area contributed by atoms with Crippen LogP contribution in [-0.2, 0) is 4.79 Å². The standard InChI is InChI=1S/C11H20N2O/c1-7(2)12-9-4-5-13(11(9)14)10-6-8(10)3/h7-10,12H,4-6H2,1-3H3. The van der Waals surface area contributed by atoms with Gasteiger partial charge in [-0.3, -0.25) is 4.79 Å². The van der Waals surface area contributed by atoms with Crippen LogP contribution in [0.25, 0.3) is 0 Å². The number of amides is 1. The minimum Gasteiger partial charge on any atom is -0.338 e. The molecule has 1 aliphatic heterocycles. The Hall–Kier alpha value is -0.570. The van der Waals surface area contributed by atoms with Crippen LogP contribution in [0.1, 0.15) is 33.6 Å². The van der Waals surface area contributed by atoms with E-state index in [-0.39, 0.29) is 6.04 Å². The van der Waals surface area contributed by atoms with Crippen molar-refractivity contribution in [2.75, 3.05) is 6.54 Å². The van der Waals surface area contributed by atoms with E-state index in [2.05, 4.69) is 31.0 Å². The third-order valence-electron chi connectivity index (χ3n) is 3.24. The van der Waals surface area contributed by atoms with Gasteiger partial charge in [0.25, 0.3) is 0 Å². The molecule has 0 bridgehead atoms. The number of nitrogens with one attached hydrogen (secondary N) is 1. The average molecular weight is 196 g/mol. The number of likely N-dealkylation sites (tertiary alicyclic amines) is 1. The molecule has 2 aliphatic rings. The van der Waals surface area contributed by atoms with Crippen molar-refractivity contribution in [3.05, 3.63) is 0 Å². The molecule has 0 aromatic rings. The summed E-state index contributed by atoms with van der Waals surface area (Å²) in [7, 11) is 0. The van der Waals surface area contributed by atoms with E-state index in [1.807, 2.05) is 0 Å². The number of nitrogens with zero attached hydrogens (tertiary/aromatic N) is 1. The zero-order chi connectivity index (χ0) is 10.3. The first kappa shape index (κ1) is 9.97. The molecule has 0 radical (unpaired) electrons. The molecule has 1 heterocycles. The molecular formula is C11H20N2O. The van der Waals surface area contributed by atoms with Gasteiger partial charge in [0.2, 0.25) is 5.91 Å². The normalized spacial score (nSPS) is 37.0. The fourth-order valence-corrected chi connectivity index (χ4v) is 2.33. The van der Waals surface area contributed by atoms with Crippen LogP contribution in [0.2, 0.25) is 0 Å². The average Bonchev–Trinajstić information content (AvgIpc) is 2.70. The Labute approximate surface area is 85.8 Å². The van der Waals surface area contributed by atoms with Gasteiger partial charge in [0.05, 0.1) is 6.04 Å². The summed E-state index contributed by atoms with van der Waals surface area (Å²) < 4.78 is 0. The highest BCUT2D eigenvalue weighted by Gasteiger charge is 2.45. The van der Waals surface area contributed by atoms with Crippen molar-refractivity contribution in [1.82, 2.24) is 10.2 Å². The minimum absolute atomic E-state index is 0.0859. The summed E-state index contributed by atoms with van der Waals surface area (Å²) in [6.07, 6.45) is 2.19.